The van der Waals surface area contributed by atoms with Crippen molar-refractivity contribution < 1.29 is 13.9 Å². The predicted octanol–water partition coefficient (Wildman–Crippen LogP) is 4.00. The Morgan fingerprint density at radius 3 is 2.69 bits per heavy atom. The Kier molecular flexibility index (Phi) is 7.09. The molecule has 0 saturated carbocycles. The third kappa shape index (κ3) is 5.48. The number of carbonyl (C=O) groups excluding carboxylic acids is 1. The summed E-state index contributed by atoms with van der Waals surface area (Å²) in [5, 5.41) is 3.27. The monoisotopic (exact) mass is 399 g/mol. The number of rotatable bonds is 7. The Morgan fingerprint density at radius 2 is 2.03 bits per heavy atom. The second kappa shape index (κ2) is 9.74. The van der Waals surface area contributed by atoms with E-state index in [2.05, 4.69) is 17.3 Å². The standard InChI is InChI=1S/C23H30FN3O2/c1-4-29-22-12-7-17(14-21(22)24)15-25-19-10-8-18(9-11-19)23(28)27(3)20-6-5-13-26(2)16-20/h7-12,14,20,25H,4-6,13,15-16H2,1-3H3. The number of hydrogen-bond donors (Lipinski definition) is 1. The maximum Gasteiger partial charge on any atom is 0.253 e. The SMILES string of the molecule is CCOc1ccc(CNc2ccc(C(=O)N(C)C3CCCN(C)C3)cc2)cc1F. The van der Waals surface area contributed by atoms with Gasteiger partial charge < -0.3 is 19.9 Å². The van der Waals surface area contributed by atoms with Gasteiger partial charge in [-0.2, -0.15) is 0 Å². The van der Waals surface area contributed by atoms with Gasteiger partial charge in [0, 0.05) is 37.4 Å². The molecule has 0 spiro atoms. The lowest BCUT2D eigenvalue weighted by atomic mass is 10.0. The van der Waals surface area contributed by atoms with E-state index < -0.39 is 0 Å². The zero-order valence-corrected chi connectivity index (χ0v) is 17.5. The Hall–Kier alpha value is -2.60. The number of benzene rings is 2. The van der Waals surface area contributed by atoms with Gasteiger partial charge in [0.15, 0.2) is 11.6 Å². The Morgan fingerprint density at radius 1 is 1.28 bits per heavy atom. The third-order valence-electron chi connectivity index (χ3n) is 5.39. The predicted molar refractivity (Wildman–Crippen MR) is 114 cm³/mol. The fourth-order valence-corrected chi connectivity index (χ4v) is 3.69. The maximum atomic E-state index is 14.0. The van der Waals surface area contributed by atoms with E-state index in [0.29, 0.717) is 18.7 Å². The lowest BCUT2D eigenvalue weighted by Crippen LogP contribution is -2.47. The first-order valence-electron chi connectivity index (χ1n) is 10.2. The minimum Gasteiger partial charge on any atom is -0.491 e. The summed E-state index contributed by atoms with van der Waals surface area (Å²) in [7, 11) is 3.99. The van der Waals surface area contributed by atoms with E-state index in [1.54, 1.807) is 6.07 Å². The Bertz CT molecular complexity index is 825. The number of likely N-dealkylation sites (tertiary alicyclic amines) is 1. The van der Waals surface area contributed by atoms with Crippen molar-refractivity contribution in [2.24, 2.45) is 0 Å². The number of ether oxygens (including phenoxy) is 1. The van der Waals surface area contributed by atoms with E-state index in [4.69, 9.17) is 4.74 Å². The number of likely N-dealkylation sites (N-methyl/N-ethyl adjacent to an activating group) is 2. The molecule has 0 aromatic heterocycles. The van der Waals surface area contributed by atoms with Crippen molar-refractivity contribution in [2.45, 2.75) is 32.4 Å². The maximum absolute atomic E-state index is 14.0. The molecule has 0 aliphatic carbocycles. The van der Waals surface area contributed by atoms with Crippen LogP contribution in [0.5, 0.6) is 5.75 Å². The van der Waals surface area contributed by atoms with Gasteiger partial charge in [-0.3, -0.25) is 4.79 Å². The number of halogens is 1. The molecule has 2 aromatic carbocycles. The number of hydrogen-bond acceptors (Lipinski definition) is 4. The molecule has 1 saturated heterocycles. The van der Waals surface area contributed by atoms with E-state index in [0.717, 1.165) is 37.2 Å². The van der Waals surface area contributed by atoms with Crippen molar-refractivity contribution in [3.63, 3.8) is 0 Å². The van der Waals surface area contributed by atoms with Crippen molar-refractivity contribution in [3.8, 4) is 5.75 Å². The highest BCUT2D eigenvalue weighted by Crippen LogP contribution is 2.20. The van der Waals surface area contributed by atoms with Gasteiger partial charge >= 0.3 is 0 Å². The molecule has 1 N–H and O–H groups in total. The first kappa shape index (κ1) is 21.1. The van der Waals surface area contributed by atoms with Gasteiger partial charge in [0.1, 0.15) is 0 Å². The van der Waals surface area contributed by atoms with Gasteiger partial charge in [0.25, 0.3) is 5.91 Å². The summed E-state index contributed by atoms with van der Waals surface area (Å²) in [6, 6.07) is 12.7. The normalized spacial score (nSPS) is 17.0. The van der Waals surface area contributed by atoms with Gasteiger partial charge in [0.2, 0.25) is 0 Å². The third-order valence-corrected chi connectivity index (χ3v) is 5.39. The van der Waals surface area contributed by atoms with Gasteiger partial charge in [-0.1, -0.05) is 6.07 Å². The number of nitrogens with zero attached hydrogens (tertiary/aromatic N) is 2. The van der Waals surface area contributed by atoms with Crippen LogP contribution in [0, 0.1) is 5.82 Å². The number of nitrogens with one attached hydrogen (secondary N) is 1. The second-order valence-electron chi connectivity index (χ2n) is 7.60. The molecule has 6 heteroatoms. The topological polar surface area (TPSA) is 44.8 Å². The van der Waals surface area contributed by atoms with Crippen LogP contribution in [-0.2, 0) is 6.54 Å². The smallest absolute Gasteiger partial charge is 0.253 e. The zero-order valence-electron chi connectivity index (χ0n) is 17.5. The average Bonchev–Trinajstić information content (AvgIpc) is 2.73. The van der Waals surface area contributed by atoms with Crippen LogP contribution >= 0.6 is 0 Å². The zero-order chi connectivity index (χ0) is 20.8. The lowest BCUT2D eigenvalue weighted by molar-refractivity contribution is 0.0644. The average molecular weight is 400 g/mol. The van der Waals surface area contributed by atoms with Crippen LogP contribution in [0.25, 0.3) is 0 Å². The summed E-state index contributed by atoms with van der Waals surface area (Å²) >= 11 is 0. The van der Waals surface area contributed by atoms with E-state index >= 15 is 0 Å². The van der Waals surface area contributed by atoms with Crippen LogP contribution in [0.2, 0.25) is 0 Å². The van der Waals surface area contributed by atoms with Gasteiger partial charge in [-0.25, -0.2) is 4.39 Å². The lowest BCUT2D eigenvalue weighted by Gasteiger charge is -2.35. The molecule has 1 heterocycles. The molecule has 0 bridgehead atoms. The van der Waals surface area contributed by atoms with Crippen molar-refractivity contribution in [3.05, 3.63) is 59.4 Å². The first-order valence-corrected chi connectivity index (χ1v) is 10.2. The molecule has 5 nitrogen and oxygen atoms in total. The fourth-order valence-electron chi connectivity index (χ4n) is 3.69. The van der Waals surface area contributed by atoms with Crippen molar-refractivity contribution in [1.82, 2.24) is 9.80 Å². The molecular weight excluding hydrogens is 369 g/mol. The fraction of sp³-hybridized carbons (Fsp3) is 0.435. The summed E-state index contributed by atoms with van der Waals surface area (Å²) in [5.41, 5.74) is 2.39. The van der Waals surface area contributed by atoms with Crippen LogP contribution < -0.4 is 10.1 Å². The van der Waals surface area contributed by atoms with Crippen LogP contribution in [-0.4, -0.2) is 55.5 Å². The molecule has 1 fully saturated rings. The molecule has 1 aliphatic heterocycles. The second-order valence-corrected chi connectivity index (χ2v) is 7.60. The molecule has 156 valence electrons. The van der Waals surface area contributed by atoms with Crippen molar-refractivity contribution in [1.29, 1.82) is 0 Å². The van der Waals surface area contributed by atoms with Crippen molar-refractivity contribution in [2.75, 3.05) is 39.1 Å². The van der Waals surface area contributed by atoms with Crippen molar-refractivity contribution >= 4 is 11.6 Å². The van der Waals surface area contributed by atoms with E-state index in [9.17, 15) is 9.18 Å². The molecular formula is C23H30FN3O2. The van der Waals surface area contributed by atoms with E-state index in [-0.39, 0.29) is 23.5 Å². The van der Waals surface area contributed by atoms with Crippen LogP contribution in [0.1, 0.15) is 35.7 Å². The number of piperidine rings is 1. The summed E-state index contributed by atoms with van der Waals surface area (Å²) in [4.78, 5) is 16.9. The summed E-state index contributed by atoms with van der Waals surface area (Å²) < 4.78 is 19.2. The summed E-state index contributed by atoms with van der Waals surface area (Å²) in [6.45, 7) is 4.77. The quantitative estimate of drug-likeness (QED) is 0.764. The van der Waals surface area contributed by atoms with Gasteiger partial charge in [-0.05, 0) is 75.3 Å². The highest BCUT2D eigenvalue weighted by molar-refractivity contribution is 5.94. The van der Waals surface area contributed by atoms with Crippen LogP contribution in [0.4, 0.5) is 10.1 Å². The Balaban J connectivity index is 1.57. The number of amides is 1. The van der Waals surface area contributed by atoms with Crippen LogP contribution in [0.3, 0.4) is 0 Å². The molecule has 0 radical (unpaired) electrons. The number of carbonyl (C=O) groups is 1. The minimum atomic E-state index is -0.358. The minimum absolute atomic E-state index is 0.0467. The number of anilines is 1. The molecule has 1 aliphatic rings. The van der Waals surface area contributed by atoms with E-state index in [1.807, 2.05) is 49.2 Å². The molecule has 1 amide bonds. The van der Waals surface area contributed by atoms with E-state index in [1.165, 1.54) is 6.07 Å². The molecule has 1 atom stereocenters. The highest BCUT2D eigenvalue weighted by Gasteiger charge is 2.25. The molecule has 29 heavy (non-hydrogen) atoms. The molecule has 2 aromatic rings. The highest BCUT2D eigenvalue weighted by atomic mass is 19.1. The largest absolute Gasteiger partial charge is 0.491 e. The molecule has 3 rings (SSSR count). The first-order chi connectivity index (χ1) is 14.0. The Labute approximate surface area is 172 Å². The van der Waals surface area contributed by atoms with Crippen LogP contribution in [0.15, 0.2) is 42.5 Å². The van der Waals surface area contributed by atoms with Gasteiger partial charge in [0.05, 0.1) is 6.61 Å². The van der Waals surface area contributed by atoms with Gasteiger partial charge in [-0.15, -0.1) is 0 Å². The molecule has 1 unspecified atom stereocenters. The summed E-state index contributed by atoms with van der Waals surface area (Å²) in [5.74, 6) is -0.0404. The summed E-state index contributed by atoms with van der Waals surface area (Å²) in [6.07, 6.45) is 2.17.